The number of amides is 1. The van der Waals surface area contributed by atoms with Gasteiger partial charge in [0.2, 0.25) is 5.91 Å². The Balaban J connectivity index is 1.75. The summed E-state index contributed by atoms with van der Waals surface area (Å²) in [6, 6.07) is 5.89. The van der Waals surface area contributed by atoms with E-state index in [-0.39, 0.29) is 12.5 Å². The van der Waals surface area contributed by atoms with Crippen molar-refractivity contribution in [2.75, 3.05) is 50.8 Å². The van der Waals surface area contributed by atoms with Gasteiger partial charge in [0.1, 0.15) is 5.82 Å². The fraction of sp³-hybridized carbons (Fsp3) is 0.538. The topological polar surface area (TPSA) is 68.7 Å². The van der Waals surface area contributed by atoms with Gasteiger partial charge in [-0.2, -0.15) is 0 Å². The van der Waals surface area contributed by atoms with Crippen LogP contribution in [-0.4, -0.2) is 66.8 Å². The minimum atomic E-state index is -0.0275. The van der Waals surface area contributed by atoms with Crippen LogP contribution in [0.2, 0.25) is 0 Å². The number of pyridine rings is 1. The fourth-order valence-electron chi connectivity index (χ4n) is 2.13. The molecule has 0 aliphatic carbocycles. The zero-order valence-corrected chi connectivity index (χ0v) is 11.0. The Morgan fingerprint density at radius 3 is 2.74 bits per heavy atom. The molecule has 0 spiro atoms. The van der Waals surface area contributed by atoms with E-state index >= 15 is 0 Å². The minimum absolute atomic E-state index is 0.0147. The van der Waals surface area contributed by atoms with Crippen LogP contribution in [-0.2, 0) is 4.79 Å². The van der Waals surface area contributed by atoms with Crippen molar-refractivity contribution < 1.29 is 9.90 Å². The molecule has 0 saturated carbocycles. The standard InChI is InChI=1S/C13H20N4O2/c18-10-5-15-13(19)11-16-6-8-17(9-7-16)12-3-1-2-4-14-12/h1-4,18H,5-11H2,(H,15,19). The number of nitrogens with one attached hydrogen (secondary N) is 1. The van der Waals surface area contributed by atoms with Crippen molar-refractivity contribution in [2.24, 2.45) is 0 Å². The lowest BCUT2D eigenvalue weighted by Gasteiger charge is -2.34. The van der Waals surface area contributed by atoms with Crippen molar-refractivity contribution in [3.05, 3.63) is 24.4 Å². The van der Waals surface area contributed by atoms with Crippen molar-refractivity contribution in [3.8, 4) is 0 Å². The smallest absolute Gasteiger partial charge is 0.234 e. The summed E-state index contributed by atoms with van der Waals surface area (Å²) in [5, 5.41) is 11.3. The molecule has 1 amide bonds. The van der Waals surface area contributed by atoms with E-state index < -0.39 is 0 Å². The van der Waals surface area contributed by atoms with E-state index in [1.54, 1.807) is 6.20 Å². The predicted octanol–water partition coefficient (Wildman–Crippen LogP) is -0.688. The average molecular weight is 264 g/mol. The Hall–Kier alpha value is -1.66. The van der Waals surface area contributed by atoms with E-state index in [1.807, 2.05) is 18.2 Å². The van der Waals surface area contributed by atoms with Crippen LogP contribution in [0.3, 0.4) is 0 Å². The Labute approximate surface area is 113 Å². The maximum absolute atomic E-state index is 11.5. The number of aliphatic hydroxyl groups is 1. The summed E-state index contributed by atoms with van der Waals surface area (Å²) in [6.07, 6.45) is 1.80. The molecular formula is C13H20N4O2. The Bertz CT molecular complexity index is 391. The number of carbonyl (C=O) groups excluding carboxylic acids is 1. The molecule has 104 valence electrons. The number of rotatable bonds is 5. The second kappa shape index (κ2) is 7.06. The maximum Gasteiger partial charge on any atom is 0.234 e. The number of nitrogens with zero attached hydrogens (tertiary/aromatic N) is 3. The van der Waals surface area contributed by atoms with Gasteiger partial charge in [-0.15, -0.1) is 0 Å². The van der Waals surface area contributed by atoms with Gasteiger partial charge in [0.05, 0.1) is 13.2 Å². The summed E-state index contributed by atoms with van der Waals surface area (Å²) in [5.74, 6) is 0.965. The highest BCUT2D eigenvalue weighted by molar-refractivity contribution is 5.78. The molecule has 2 N–H and O–H groups in total. The quantitative estimate of drug-likeness (QED) is 0.737. The summed E-state index contributed by atoms with van der Waals surface area (Å²) in [4.78, 5) is 20.2. The van der Waals surface area contributed by atoms with Crippen molar-refractivity contribution in [1.29, 1.82) is 0 Å². The molecular weight excluding hydrogens is 244 g/mol. The van der Waals surface area contributed by atoms with Crippen LogP contribution in [0.1, 0.15) is 0 Å². The first-order chi connectivity index (χ1) is 9.29. The monoisotopic (exact) mass is 264 g/mol. The van der Waals surface area contributed by atoms with Gasteiger partial charge in [-0.3, -0.25) is 9.69 Å². The van der Waals surface area contributed by atoms with Gasteiger partial charge in [0.25, 0.3) is 0 Å². The van der Waals surface area contributed by atoms with Crippen molar-refractivity contribution in [3.63, 3.8) is 0 Å². The molecule has 19 heavy (non-hydrogen) atoms. The first-order valence-electron chi connectivity index (χ1n) is 6.55. The normalized spacial score (nSPS) is 16.4. The highest BCUT2D eigenvalue weighted by Gasteiger charge is 2.19. The summed E-state index contributed by atoms with van der Waals surface area (Å²) in [5.41, 5.74) is 0. The molecule has 1 aliphatic rings. The molecule has 0 unspecified atom stereocenters. The second-order valence-corrected chi connectivity index (χ2v) is 4.52. The van der Waals surface area contributed by atoms with Gasteiger partial charge >= 0.3 is 0 Å². The molecule has 1 aliphatic heterocycles. The largest absolute Gasteiger partial charge is 0.395 e. The lowest BCUT2D eigenvalue weighted by molar-refractivity contribution is -0.122. The van der Waals surface area contributed by atoms with Gasteiger partial charge in [-0.25, -0.2) is 4.98 Å². The number of anilines is 1. The van der Waals surface area contributed by atoms with Crippen molar-refractivity contribution >= 4 is 11.7 Å². The fourth-order valence-corrected chi connectivity index (χ4v) is 2.13. The third kappa shape index (κ3) is 4.18. The lowest BCUT2D eigenvalue weighted by atomic mass is 10.3. The SMILES string of the molecule is O=C(CN1CCN(c2ccccn2)CC1)NCCO. The molecule has 2 rings (SSSR count). The summed E-state index contributed by atoms with van der Waals surface area (Å²) in [7, 11) is 0. The van der Waals surface area contributed by atoms with Crippen molar-refractivity contribution in [1.82, 2.24) is 15.2 Å². The molecule has 1 aromatic heterocycles. The zero-order valence-electron chi connectivity index (χ0n) is 11.0. The minimum Gasteiger partial charge on any atom is -0.395 e. The first kappa shape index (κ1) is 13.8. The molecule has 0 aromatic carbocycles. The molecule has 6 nitrogen and oxygen atoms in total. The van der Waals surface area contributed by atoms with E-state index in [9.17, 15) is 4.79 Å². The van der Waals surface area contributed by atoms with Crippen LogP contribution in [0.5, 0.6) is 0 Å². The third-order valence-electron chi connectivity index (χ3n) is 3.15. The molecule has 1 aromatic rings. The Kier molecular flexibility index (Phi) is 5.11. The van der Waals surface area contributed by atoms with E-state index in [1.165, 1.54) is 0 Å². The summed E-state index contributed by atoms with van der Waals surface area (Å²) >= 11 is 0. The van der Waals surface area contributed by atoms with Gasteiger partial charge in [0.15, 0.2) is 0 Å². The van der Waals surface area contributed by atoms with Gasteiger partial charge in [0, 0.05) is 38.9 Å². The Morgan fingerprint density at radius 2 is 2.11 bits per heavy atom. The van der Waals surface area contributed by atoms with Crippen LogP contribution >= 0.6 is 0 Å². The number of piperazine rings is 1. The number of aromatic nitrogens is 1. The number of hydrogen-bond acceptors (Lipinski definition) is 5. The zero-order chi connectivity index (χ0) is 13.5. The summed E-state index contributed by atoms with van der Waals surface area (Å²) in [6.45, 7) is 4.17. The van der Waals surface area contributed by atoms with E-state index in [0.29, 0.717) is 13.1 Å². The van der Waals surface area contributed by atoms with Crippen LogP contribution in [0.15, 0.2) is 24.4 Å². The third-order valence-corrected chi connectivity index (χ3v) is 3.15. The Morgan fingerprint density at radius 1 is 1.32 bits per heavy atom. The van der Waals surface area contributed by atoms with Crippen LogP contribution in [0, 0.1) is 0 Å². The maximum atomic E-state index is 11.5. The predicted molar refractivity (Wildman–Crippen MR) is 73.0 cm³/mol. The number of aliphatic hydroxyl groups excluding tert-OH is 1. The first-order valence-corrected chi connectivity index (χ1v) is 6.55. The lowest BCUT2D eigenvalue weighted by Crippen LogP contribution is -2.49. The summed E-state index contributed by atoms with van der Waals surface area (Å²) < 4.78 is 0. The van der Waals surface area contributed by atoms with E-state index in [4.69, 9.17) is 5.11 Å². The van der Waals surface area contributed by atoms with Crippen molar-refractivity contribution in [2.45, 2.75) is 0 Å². The average Bonchev–Trinajstić information content (AvgIpc) is 2.47. The van der Waals surface area contributed by atoms with Crippen LogP contribution in [0.25, 0.3) is 0 Å². The van der Waals surface area contributed by atoms with Crippen LogP contribution < -0.4 is 10.2 Å². The molecule has 1 fully saturated rings. The second-order valence-electron chi connectivity index (χ2n) is 4.52. The van der Waals surface area contributed by atoms with Crippen LogP contribution in [0.4, 0.5) is 5.82 Å². The van der Waals surface area contributed by atoms with E-state index in [0.717, 1.165) is 32.0 Å². The molecule has 2 heterocycles. The van der Waals surface area contributed by atoms with Gasteiger partial charge in [-0.1, -0.05) is 6.07 Å². The van der Waals surface area contributed by atoms with Gasteiger partial charge in [-0.05, 0) is 12.1 Å². The molecule has 0 atom stereocenters. The number of hydrogen-bond donors (Lipinski definition) is 2. The molecule has 0 radical (unpaired) electrons. The number of carbonyl (C=O) groups is 1. The molecule has 6 heteroatoms. The molecule has 0 bridgehead atoms. The highest BCUT2D eigenvalue weighted by Crippen LogP contribution is 2.11. The van der Waals surface area contributed by atoms with E-state index in [2.05, 4.69) is 20.1 Å². The van der Waals surface area contributed by atoms with Gasteiger partial charge < -0.3 is 15.3 Å². The highest BCUT2D eigenvalue weighted by atomic mass is 16.3. The molecule has 1 saturated heterocycles.